The van der Waals surface area contributed by atoms with E-state index in [1.165, 1.54) is 12.8 Å². The summed E-state index contributed by atoms with van der Waals surface area (Å²) in [5.41, 5.74) is 1.11. The van der Waals surface area contributed by atoms with Gasteiger partial charge in [0.2, 0.25) is 0 Å². The van der Waals surface area contributed by atoms with E-state index in [2.05, 4.69) is 40.7 Å². The highest BCUT2D eigenvalue weighted by molar-refractivity contribution is 8.00. The van der Waals surface area contributed by atoms with E-state index in [4.69, 9.17) is 0 Å². The predicted molar refractivity (Wildman–Crippen MR) is 79.5 cm³/mol. The molecule has 1 aromatic heterocycles. The summed E-state index contributed by atoms with van der Waals surface area (Å²) in [5.74, 6) is 1.91. The number of anilines is 2. The van der Waals surface area contributed by atoms with E-state index in [-0.39, 0.29) is 0 Å². The fourth-order valence-corrected chi connectivity index (χ4v) is 2.61. The van der Waals surface area contributed by atoms with Crippen LogP contribution in [0.3, 0.4) is 0 Å². The van der Waals surface area contributed by atoms with Crippen LogP contribution in [0.5, 0.6) is 0 Å². The van der Waals surface area contributed by atoms with Crippen LogP contribution in [0.25, 0.3) is 0 Å². The standard InChI is InChI=1S/C13H22N4S/c1-4-7-14-11-10(2)12(17-9-16-11)15-8-13(18-3)5-6-13/h9H,4-8H2,1-3H3,(H2,14,15,16,17). The van der Waals surface area contributed by atoms with E-state index < -0.39 is 0 Å². The molecule has 0 amide bonds. The van der Waals surface area contributed by atoms with Crippen molar-refractivity contribution >= 4 is 23.4 Å². The minimum atomic E-state index is 0.453. The summed E-state index contributed by atoms with van der Waals surface area (Å²) in [4.78, 5) is 8.63. The molecule has 2 rings (SSSR count). The van der Waals surface area contributed by atoms with Crippen molar-refractivity contribution in [2.75, 3.05) is 30.0 Å². The number of aromatic nitrogens is 2. The lowest BCUT2D eigenvalue weighted by molar-refractivity contribution is 0.926. The maximum atomic E-state index is 4.34. The Morgan fingerprint density at radius 2 is 1.94 bits per heavy atom. The Morgan fingerprint density at radius 1 is 1.28 bits per heavy atom. The van der Waals surface area contributed by atoms with Gasteiger partial charge in [-0.1, -0.05) is 6.92 Å². The normalized spacial score (nSPS) is 16.4. The molecule has 2 N–H and O–H groups in total. The lowest BCUT2D eigenvalue weighted by Gasteiger charge is -2.16. The molecule has 0 unspecified atom stereocenters. The van der Waals surface area contributed by atoms with Crippen molar-refractivity contribution < 1.29 is 0 Å². The summed E-state index contributed by atoms with van der Waals surface area (Å²) in [6.07, 6.45) is 7.54. The number of hydrogen-bond acceptors (Lipinski definition) is 5. The number of hydrogen-bond donors (Lipinski definition) is 2. The van der Waals surface area contributed by atoms with Gasteiger partial charge in [-0.05, 0) is 32.4 Å². The smallest absolute Gasteiger partial charge is 0.134 e. The van der Waals surface area contributed by atoms with Gasteiger partial charge in [0, 0.05) is 23.4 Å². The van der Waals surface area contributed by atoms with Crippen LogP contribution < -0.4 is 10.6 Å². The highest BCUT2D eigenvalue weighted by Gasteiger charge is 2.41. The zero-order valence-electron chi connectivity index (χ0n) is 11.4. The van der Waals surface area contributed by atoms with E-state index in [0.29, 0.717) is 4.75 Å². The first-order valence-electron chi connectivity index (χ1n) is 6.55. The van der Waals surface area contributed by atoms with Gasteiger partial charge in [-0.15, -0.1) is 0 Å². The van der Waals surface area contributed by atoms with Crippen molar-refractivity contribution in [2.24, 2.45) is 0 Å². The zero-order chi connectivity index (χ0) is 13.0. The highest BCUT2D eigenvalue weighted by atomic mass is 32.2. The van der Waals surface area contributed by atoms with Crippen LogP contribution in [0.4, 0.5) is 11.6 Å². The van der Waals surface area contributed by atoms with E-state index in [0.717, 1.165) is 36.7 Å². The summed E-state index contributed by atoms with van der Waals surface area (Å²) in [7, 11) is 0. The van der Waals surface area contributed by atoms with Gasteiger partial charge in [-0.2, -0.15) is 11.8 Å². The van der Waals surface area contributed by atoms with Crippen LogP contribution >= 0.6 is 11.8 Å². The van der Waals surface area contributed by atoms with Gasteiger partial charge in [0.05, 0.1) is 0 Å². The molecule has 0 aromatic carbocycles. The molecular weight excluding hydrogens is 244 g/mol. The molecule has 18 heavy (non-hydrogen) atoms. The van der Waals surface area contributed by atoms with Gasteiger partial charge in [-0.3, -0.25) is 0 Å². The second-order valence-corrected chi connectivity index (χ2v) is 6.14. The SMILES string of the molecule is CCCNc1ncnc(NCC2(SC)CC2)c1C. The number of thioether (sulfide) groups is 1. The third kappa shape index (κ3) is 3.07. The minimum Gasteiger partial charge on any atom is -0.370 e. The average molecular weight is 266 g/mol. The Bertz CT molecular complexity index is 404. The minimum absolute atomic E-state index is 0.453. The van der Waals surface area contributed by atoms with Crippen LogP contribution in [0.1, 0.15) is 31.7 Å². The molecule has 0 spiro atoms. The molecule has 0 atom stereocenters. The molecule has 0 aliphatic heterocycles. The van der Waals surface area contributed by atoms with Gasteiger partial charge in [0.1, 0.15) is 18.0 Å². The third-order valence-electron chi connectivity index (χ3n) is 3.45. The van der Waals surface area contributed by atoms with Gasteiger partial charge in [0.15, 0.2) is 0 Å². The van der Waals surface area contributed by atoms with Crippen molar-refractivity contribution in [1.82, 2.24) is 9.97 Å². The largest absolute Gasteiger partial charge is 0.370 e. The van der Waals surface area contributed by atoms with Crippen molar-refractivity contribution in [3.8, 4) is 0 Å². The molecule has 1 aliphatic rings. The van der Waals surface area contributed by atoms with Gasteiger partial charge in [0.25, 0.3) is 0 Å². The van der Waals surface area contributed by atoms with Crippen LogP contribution in [0.2, 0.25) is 0 Å². The maximum absolute atomic E-state index is 4.34. The topological polar surface area (TPSA) is 49.8 Å². The molecule has 1 aromatic rings. The molecule has 1 fully saturated rings. The van der Waals surface area contributed by atoms with Crippen molar-refractivity contribution in [3.05, 3.63) is 11.9 Å². The van der Waals surface area contributed by atoms with Crippen molar-refractivity contribution in [1.29, 1.82) is 0 Å². The van der Waals surface area contributed by atoms with E-state index in [1.807, 2.05) is 11.8 Å². The first-order valence-corrected chi connectivity index (χ1v) is 7.78. The Balaban J connectivity index is 1.99. The summed E-state index contributed by atoms with van der Waals surface area (Å²) in [5, 5.41) is 6.80. The molecule has 0 bridgehead atoms. The fourth-order valence-electron chi connectivity index (χ4n) is 1.89. The Hall–Kier alpha value is -0.970. The Morgan fingerprint density at radius 3 is 2.50 bits per heavy atom. The lowest BCUT2D eigenvalue weighted by atomic mass is 10.3. The summed E-state index contributed by atoms with van der Waals surface area (Å²) in [6.45, 7) is 6.17. The quantitative estimate of drug-likeness (QED) is 0.794. The summed E-state index contributed by atoms with van der Waals surface area (Å²) >= 11 is 1.96. The molecule has 0 radical (unpaired) electrons. The molecule has 5 heteroatoms. The molecule has 0 saturated heterocycles. The fraction of sp³-hybridized carbons (Fsp3) is 0.692. The van der Waals surface area contributed by atoms with Gasteiger partial charge < -0.3 is 10.6 Å². The van der Waals surface area contributed by atoms with E-state index >= 15 is 0 Å². The summed E-state index contributed by atoms with van der Waals surface area (Å²) in [6, 6.07) is 0. The molecule has 1 aliphatic carbocycles. The second kappa shape index (κ2) is 5.78. The van der Waals surface area contributed by atoms with Gasteiger partial charge in [-0.25, -0.2) is 9.97 Å². The zero-order valence-corrected chi connectivity index (χ0v) is 12.2. The molecular formula is C13H22N4S. The number of nitrogens with zero attached hydrogens (tertiary/aromatic N) is 2. The molecule has 100 valence electrons. The monoisotopic (exact) mass is 266 g/mol. The summed E-state index contributed by atoms with van der Waals surface area (Å²) < 4.78 is 0.453. The first kappa shape index (κ1) is 13.5. The number of nitrogens with one attached hydrogen (secondary N) is 2. The third-order valence-corrected chi connectivity index (χ3v) is 4.86. The van der Waals surface area contributed by atoms with E-state index in [1.54, 1.807) is 6.33 Å². The second-order valence-electron chi connectivity index (χ2n) is 4.86. The average Bonchev–Trinajstić information content (AvgIpc) is 3.17. The predicted octanol–water partition coefficient (Wildman–Crippen LogP) is 2.91. The van der Waals surface area contributed by atoms with E-state index in [9.17, 15) is 0 Å². The van der Waals surface area contributed by atoms with Crippen LogP contribution in [0, 0.1) is 6.92 Å². The Labute approximate surface area is 113 Å². The van der Waals surface area contributed by atoms with Crippen molar-refractivity contribution in [2.45, 2.75) is 37.9 Å². The van der Waals surface area contributed by atoms with Crippen LogP contribution in [0.15, 0.2) is 6.33 Å². The number of rotatable bonds is 7. The highest BCUT2D eigenvalue weighted by Crippen LogP contribution is 2.47. The Kier molecular flexibility index (Phi) is 4.32. The first-order chi connectivity index (χ1) is 8.71. The lowest BCUT2D eigenvalue weighted by Crippen LogP contribution is -2.19. The molecule has 1 saturated carbocycles. The van der Waals surface area contributed by atoms with Crippen LogP contribution in [-0.2, 0) is 0 Å². The van der Waals surface area contributed by atoms with Gasteiger partial charge >= 0.3 is 0 Å². The van der Waals surface area contributed by atoms with Crippen molar-refractivity contribution in [3.63, 3.8) is 0 Å². The maximum Gasteiger partial charge on any atom is 0.134 e. The molecule has 1 heterocycles. The van der Waals surface area contributed by atoms with Crippen LogP contribution in [-0.4, -0.2) is 34.1 Å². The molecule has 4 nitrogen and oxygen atoms in total.